The number of hydrogen-bond donors (Lipinski definition) is 1. The summed E-state index contributed by atoms with van der Waals surface area (Å²) < 4.78 is 14.2. The van der Waals surface area contributed by atoms with Gasteiger partial charge in [-0.3, -0.25) is 0 Å². The van der Waals surface area contributed by atoms with Crippen LogP contribution >= 0.6 is 11.6 Å². The summed E-state index contributed by atoms with van der Waals surface area (Å²) in [7, 11) is 0. The molecule has 0 fully saturated rings. The fourth-order valence-corrected chi connectivity index (χ4v) is 2.60. The lowest BCUT2D eigenvalue weighted by Crippen LogP contribution is -2.13. The minimum Gasteiger partial charge on any atom is -0.357 e. The van der Waals surface area contributed by atoms with Crippen molar-refractivity contribution in [3.05, 3.63) is 47.3 Å². The lowest BCUT2D eigenvalue weighted by atomic mass is 9.88. The van der Waals surface area contributed by atoms with Crippen LogP contribution in [0.2, 0.25) is 5.28 Å². The number of para-hydroxylation sites is 1. The van der Waals surface area contributed by atoms with Gasteiger partial charge in [0.25, 0.3) is 0 Å². The Morgan fingerprint density at radius 1 is 1.19 bits per heavy atom. The third-order valence-corrected chi connectivity index (χ3v) is 3.59. The molecule has 2 heterocycles. The van der Waals surface area contributed by atoms with Gasteiger partial charge in [-0.2, -0.15) is 0 Å². The van der Waals surface area contributed by atoms with Gasteiger partial charge in [-0.15, -0.1) is 0 Å². The Hall–Kier alpha value is -1.94. The number of aromatic nitrogens is 3. The van der Waals surface area contributed by atoms with Crippen molar-refractivity contribution < 1.29 is 4.39 Å². The molecule has 0 aliphatic rings. The van der Waals surface area contributed by atoms with Crippen LogP contribution in [0, 0.1) is 5.82 Å². The molecule has 0 radical (unpaired) electrons. The van der Waals surface area contributed by atoms with Crippen molar-refractivity contribution in [2.45, 2.75) is 26.2 Å². The lowest BCUT2D eigenvalue weighted by Gasteiger charge is -2.19. The molecule has 0 atom stereocenters. The van der Waals surface area contributed by atoms with Crippen LogP contribution in [0.1, 0.15) is 26.5 Å². The highest BCUT2D eigenvalue weighted by Crippen LogP contribution is 2.38. The van der Waals surface area contributed by atoms with Crippen molar-refractivity contribution in [1.82, 2.24) is 15.0 Å². The number of H-pyrrole nitrogens is 1. The van der Waals surface area contributed by atoms with E-state index in [9.17, 15) is 4.39 Å². The smallest absolute Gasteiger partial charge is 0.223 e. The Morgan fingerprint density at radius 2 is 1.90 bits per heavy atom. The summed E-state index contributed by atoms with van der Waals surface area (Å²) in [6.45, 7) is 6.21. The van der Waals surface area contributed by atoms with E-state index in [1.807, 2.05) is 24.3 Å². The normalized spacial score (nSPS) is 12.0. The third kappa shape index (κ3) is 2.40. The maximum absolute atomic E-state index is 14.2. The van der Waals surface area contributed by atoms with Crippen LogP contribution in [0.15, 0.2) is 30.5 Å². The first-order chi connectivity index (χ1) is 9.88. The highest BCUT2D eigenvalue weighted by atomic mass is 35.5. The standard InChI is InChI=1S/C16H15ClFN3/c1-16(2,3)14-12(9-6-4-5-7-11(9)20-14)13-10(18)8-19-15(17)21-13/h4-8,20H,1-3H3. The van der Waals surface area contributed by atoms with Crippen LogP contribution in [0.25, 0.3) is 22.2 Å². The zero-order valence-corrected chi connectivity index (χ0v) is 12.8. The third-order valence-electron chi connectivity index (χ3n) is 3.41. The predicted octanol–water partition coefficient (Wildman–Crippen LogP) is 4.71. The molecule has 0 bridgehead atoms. The minimum atomic E-state index is -0.477. The number of rotatable bonds is 1. The number of fused-ring (bicyclic) bond motifs is 1. The van der Waals surface area contributed by atoms with E-state index in [4.69, 9.17) is 11.6 Å². The van der Waals surface area contributed by atoms with Gasteiger partial charge in [0.1, 0.15) is 5.69 Å². The van der Waals surface area contributed by atoms with Gasteiger partial charge in [-0.25, -0.2) is 14.4 Å². The Labute approximate surface area is 127 Å². The first kappa shape index (κ1) is 14.0. The van der Waals surface area contributed by atoms with Gasteiger partial charge in [-0.1, -0.05) is 39.0 Å². The van der Waals surface area contributed by atoms with Gasteiger partial charge in [-0.05, 0) is 17.7 Å². The summed E-state index contributed by atoms with van der Waals surface area (Å²) in [6.07, 6.45) is 1.11. The molecule has 0 aliphatic heterocycles. The van der Waals surface area contributed by atoms with E-state index in [0.29, 0.717) is 0 Å². The summed E-state index contributed by atoms with van der Waals surface area (Å²) >= 11 is 5.85. The zero-order chi connectivity index (χ0) is 15.2. The number of halogens is 2. The molecule has 0 spiro atoms. The van der Waals surface area contributed by atoms with Crippen molar-refractivity contribution in [3.63, 3.8) is 0 Å². The molecule has 0 aliphatic carbocycles. The largest absolute Gasteiger partial charge is 0.357 e. The molecule has 0 unspecified atom stereocenters. The SMILES string of the molecule is CC(C)(C)c1[nH]c2ccccc2c1-c1nc(Cl)ncc1F. The average molecular weight is 304 g/mol. The maximum Gasteiger partial charge on any atom is 0.223 e. The maximum atomic E-state index is 14.2. The van der Waals surface area contributed by atoms with Gasteiger partial charge < -0.3 is 4.98 Å². The molecule has 3 rings (SSSR count). The van der Waals surface area contributed by atoms with Crippen LogP contribution in [0.3, 0.4) is 0 Å². The number of aromatic amines is 1. The second-order valence-corrected chi connectivity index (χ2v) is 6.34. The summed E-state index contributed by atoms with van der Waals surface area (Å²) in [5, 5.41) is 0.965. The summed E-state index contributed by atoms with van der Waals surface area (Å²) in [6, 6.07) is 7.78. The van der Waals surface area contributed by atoms with Gasteiger partial charge in [0.2, 0.25) is 5.28 Å². The van der Waals surface area contributed by atoms with Gasteiger partial charge >= 0.3 is 0 Å². The number of benzene rings is 1. The Balaban J connectivity index is 2.42. The van der Waals surface area contributed by atoms with Crippen molar-refractivity contribution in [2.24, 2.45) is 0 Å². The van der Waals surface area contributed by atoms with Crippen LogP contribution in [0.5, 0.6) is 0 Å². The minimum absolute atomic E-state index is 0.0385. The van der Waals surface area contributed by atoms with E-state index in [-0.39, 0.29) is 16.4 Å². The monoisotopic (exact) mass is 303 g/mol. The second-order valence-electron chi connectivity index (χ2n) is 6.01. The number of nitrogens with one attached hydrogen (secondary N) is 1. The second kappa shape index (κ2) is 4.81. The van der Waals surface area contributed by atoms with E-state index in [1.54, 1.807) is 0 Å². The van der Waals surface area contributed by atoms with E-state index in [0.717, 1.165) is 28.4 Å². The topological polar surface area (TPSA) is 41.6 Å². The quantitative estimate of drug-likeness (QED) is 0.661. The van der Waals surface area contributed by atoms with E-state index in [2.05, 4.69) is 35.7 Å². The zero-order valence-electron chi connectivity index (χ0n) is 12.0. The molecule has 108 valence electrons. The summed E-state index contributed by atoms with van der Waals surface area (Å²) in [5.41, 5.74) is 2.68. The van der Waals surface area contributed by atoms with Crippen LogP contribution in [0.4, 0.5) is 4.39 Å². The van der Waals surface area contributed by atoms with Crippen molar-refractivity contribution >= 4 is 22.5 Å². The van der Waals surface area contributed by atoms with Gasteiger partial charge in [0.15, 0.2) is 5.82 Å². The highest BCUT2D eigenvalue weighted by molar-refractivity contribution is 6.28. The van der Waals surface area contributed by atoms with Gasteiger partial charge in [0.05, 0.1) is 6.20 Å². The first-order valence-corrected chi connectivity index (χ1v) is 7.05. The van der Waals surface area contributed by atoms with Crippen molar-refractivity contribution in [2.75, 3.05) is 0 Å². The molecule has 2 aromatic heterocycles. The Kier molecular flexibility index (Phi) is 3.21. The van der Waals surface area contributed by atoms with Crippen molar-refractivity contribution in [3.8, 4) is 11.3 Å². The fourth-order valence-electron chi connectivity index (χ4n) is 2.47. The first-order valence-electron chi connectivity index (χ1n) is 6.67. The van der Waals surface area contributed by atoms with Crippen molar-refractivity contribution in [1.29, 1.82) is 0 Å². The number of hydrogen-bond acceptors (Lipinski definition) is 2. The lowest BCUT2D eigenvalue weighted by molar-refractivity contribution is 0.573. The molecule has 3 nitrogen and oxygen atoms in total. The number of nitrogens with zero attached hydrogens (tertiary/aromatic N) is 2. The molecule has 3 aromatic rings. The van der Waals surface area contributed by atoms with E-state index < -0.39 is 5.82 Å². The molecule has 1 aromatic carbocycles. The molecule has 0 saturated carbocycles. The molecule has 5 heteroatoms. The summed E-state index contributed by atoms with van der Waals surface area (Å²) in [5.74, 6) is -0.477. The van der Waals surface area contributed by atoms with Crippen LogP contribution < -0.4 is 0 Å². The molecule has 0 saturated heterocycles. The predicted molar refractivity (Wildman–Crippen MR) is 83.0 cm³/mol. The van der Waals surface area contributed by atoms with Crippen LogP contribution in [-0.4, -0.2) is 15.0 Å². The van der Waals surface area contributed by atoms with Gasteiger partial charge in [0, 0.05) is 27.6 Å². The van der Waals surface area contributed by atoms with E-state index in [1.165, 1.54) is 0 Å². The average Bonchev–Trinajstić information content (AvgIpc) is 2.81. The molecule has 21 heavy (non-hydrogen) atoms. The fraction of sp³-hybridized carbons (Fsp3) is 0.250. The van der Waals surface area contributed by atoms with Crippen LogP contribution in [-0.2, 0) is 5.41 Å². The Morgan fingerprint density at radius 3 is 2.62 bits per heavy atom. The summed E-state index contributed by atoms with van der Waals surface area (Å²) in [4.78, 5) is 11.2. The molecular formula is C16H15ClFN3. The Bertz CT molecular complexity index is 818. The molecule has 1 N–H and O–H groups in total. The highest BCUT2D eigenvalue weighted by Gasteiger charge is 2.26. The molecule has 0 amide bonds. The van der Waals surface area contributed by atoms with E-state index >= 15 is 0 Å². The molecular weight excluding hydrogens is 289 g/mol.